The van der Waals surface area contributed by atoms with Crippen molar-refractivity contribution in [1.29, 1.82) is 0 Å². The second-order valence-corrected chi connectivity index (χ2v) is 3.73. The largest absolute Gasteiger partial charge is 0.432 e. The van der Waals surface area contributed by atoms with E-state index >= 15 is 0 Å². The van der Waals surface area contributed by atoms with E-state index in [1.807, 2.05) is 0 Å². The summed E-state index contributed by atoms with van der Waals surface area (Å²) in [5.41, 5.74) is 0. The molecule has 0 atom stereocenters. The number of amides is 3. The molecule has 2 rings (SSSR count). The first-order valence-electron chi connectivity index (χ1n) is 5.01. The Morgan fingerprint density at radius 2 is 1.87 bits per heavy atom. The van der Waals surface area contributed by atoms with Crippen molar-refractivity contribution >= 4 is 17.9 Å². The van der Waals surface area contributed by atoms with E-state index in [4.69, 9.17) is 0 Å². The van der Waals surface area contributed by atoms with Crippen molar-refractivity contribution in [2.24, 2.45) is 0 Å². The lowest BCUT2D eigenvalue weighted by atomic mass is 9.93. The molecule has 6 nitrogen and oxygen atoms in total. The molecule has 3 amide bonds. The second kappa shape index (κ2) is 3.88. The molecule has 82 valence electrons. The Morgan fingerprint density at radius 3 is 2.33 bits per heavy atom. The summed E-state index contributed by atoms with van der Waals surface area (Å²) in [7, 11) is 0. The Hall–Kier alpha value is -1.59. The van der Waals surface area contributed by atoms with Crippen LogP contribution in [0.25, 0.3) is 0 Å². The van der Waals surface area contributed by atoms with Crippen LogP contribution in [0, 0.1) is 0 Å². The molecule has 1 saturated heterocycles. The highest BCUT2D eigenvalue weighted by atomic mass is 16.7. The molecule has 0 aromatic rings. The van der Waals surface area contributed by atoms with Gasteiger partial charge in [0.2, 0.25) is 0 Å². The predicted molar refractivity (Wildman–Crippen MR) is 48.3 cm³/mol. The average Bonchev–Trinajstić information content (AvgIpc) is 2.43. The van der Waals surface area contributed by atoms with Crippen LogP contribution in [-0.2, 0) is 14.4 Å². The predicted octanol–water partition coefficient (Wildman–Crippen LogP) is 0.329. The first-order valence-corrected chi connectivity index (χ1v) is 5.01. The second-order valence-electron chi connectivity index (χ2n) is 3.73. The van der Waals surface area contributed by atoms with Crippen LogP contribution in [0.1, 0.15) is 32.1 Å². The molecule has 6 heteroatoms. The molecule has 1 aliphatic heterocycles. The third-order valence-electron chi connectivity index (χ3n) is 2.61. The molecule has 15 heavy (non-hydrogen) atoms. The number of hydrogen-bond acceptors (Lipinski definition) is 4. The van der Waals surface area contributed by atoms with E-state index in [1.165, 1.54) is 0 Å². The smallest absolute Gasteiger partial charge is 0.317 e. The molecule has 0 aromatic heterocycles. The van der Waals surface area contributed by atoms with E-state index < -0.39 is 17.9 Å². The van der Waals surface area contributed by atoms with Gasteiger partial charge in [0.25, 0.3) is 11.8 Å². The minimum absolute atomic E-state index is 0.121. The van der Waals surface area contributed by atoms with Gasteiger partial charge in [-0.25, -0.2) is 4.79 Å². The standard InChI is InChI=1S/C9H12N2O4/c12-7-4-5-8(13)11(7)15-9(14)10-6-2-1-3-6/h6H,1-5H2,(H,10,14). The number of hydrogen-bond donors (Lipinski definition) is 1. The molecule has 1 saturated carbocycles. The van der Waals surface area contributed by atoms with Gasteiger partial charge in [0.15, 0.2) is 0 Å². The summed E-state index contributed by atoms with van der Waals surface area (Å²) in [6.07, 6.45) is 2.47. The van der Waals surface area contributed by atoms with E-state index in [-0.39, 0.29) is 18.9 Å². The Kier molecular flexibility index (Phi) is 2.57. The molecule has 0 bridgehead atoms. The number of imide groups is 1. The topological polar surface area (TPSA) is 75.7 Å². The van der Waals surface area contributed by atoms with Crippen LogP contribution >= 0.6 is 0 Å². The molecule has 1 heterocycles. The molecular weight excluding hydrogens is 200 g/mol. The molecule has 2 aliphatic rings. The third kappa shape index (κ3) is 2.08. The molecule has 2 fully saturated rings. The van der Waals surface area contributed by atoms with Crippen molar-refractivity contribution in [1.82, 2.24) is 10.4 Å². The Labute approximate surface area is 86.5 Å². The van der Waals surface area contributed by atoms with Gasteiger partial charge in [-0.3, -0.25) is 9.59 Å². The van der Waals surface area contributed by atoms with Crippen LogP contribution in [0.4, 0.5) is 4.79 Å². The summed E-state index contributed by atoms with van der Waals surface area (Å²) in [6, 6.07) is 0.130. The maximum atomic E-state index is 11.2. The summed E-state index contributed by atoms with van der Waals surface area (Å²) >= 11 is 0. The molecule has 0 radical (unpaired) electrons. The SMILES string of the molecule is O=C(NC1CCC1)ON1C(=O)CCC1=O. The zero-order valence-corrected chi connectivity index (χ0v) is 8.19. The van der Waals surface area contributed by atoms with Gasteiger partial charge in [-0.1, -0.05) is 0 Å². The van der Waals surface area contributed by atoms with Gasteiger partial charge < -0.3 is 10.2 Å². The number of hydroxylamine groups is 2. The zero-order valence-electron chi connectivity index (χ0n) is 8.19. The fourth-order valence-corrected chi connectivity index (χ4v) is 1.49. The van der Waals surface area contributed by atoms with E-state index in [0.29, 0.717) is 5.06 Å². The summed E-state index contributed by atoms with van der Waals surface area (Å²) in [6.45, 7) is 0. The summed E-state index contributed by atoms with van der Waals surface area (Å²) < 4.78 is 0. The van der Waals surface area contributed by atoms with Crippen molar-refractivity contribution in [2.45, 2.75) is 38.1 Å². The number of carbonyl (C=O) groups is 3. The van der Waals surface area contributed by atoms with Crippen LogP contribution in [0.5, 0.6) is 0 Å². The van der Waals surface area contributed by atoms with Crippen LogP contribution in [0.2, 0.25) is 0 Å². The number of nitrogens with zero attached hydrogens (tertiary/aromatic N) is 1. The van der Waals surface area contributed by atoms with Gasteiger partial charge in [0, 0.05) is 18.9 Å². The van der Waals surface area contributed by atoms with Crippen LogP contribution in [0.15, 0.2) is 0 Å². The first kappa shape index (κ1) is 9.95. The number of rotatable bonds is 2. The summed E-state index contributed by atoms with van der Waals surface area (Å²) in [5, 5.41) is 3.13. The molecule has 1 N–H and O–H groups in total. The van der Waals surface area contributed by atoms with E-state index in [2.05, 4.69) is 10.2 Å². The zero-order chi connectivity index (χ0) is 10.8. The highest BCUT2D eigenvalue weighted by Gasteiger charge is 2.33. The highest BCUT2D eigenvalue weighted by Crippen LogP contribution is 2.18. The van der Waals surface area contributed by atoms with E-state index in [9.17, 15) is 14.4 Å². The van der Waals surface area contributed by atoms with Crippen LogP contribution < -0.4 is 5.32 Å². The summed E-state index contributed by atoms with van der Waals surface area (Å²) in [5.74, 6) is -0.910. The van der Waals surface area contributed by atoms with E-state index in [1.54, 1.807) is 0 Å². The Balaban J connectivity index is 1.82. The molecular formula is C9H12N2O4. The maximum absolute atomic E-state index is 11.2. The van der Waals surface area contributed by atoms with Crippen LogP contribution in [0.3, 0.4) is 0 Å². The Bertz CT molecular complexity index is 295. The number of nitrogens with one attached hydrogen (secondary N) is 1. The molecule has 0 unspecified atom stereocenters. The Morgan fingerprint density at radius 1 is 1.27 bits per heavy atom. The van der Waals surface area contributed by atoms with E-state index in [0.717, 1.165) is 19.3 Å². The molecule has 0 aromatic carbocycles. The third-order valence-corrected chi connectivity index (χ3v) is 2.61. The van der Waals surface area contributed by atoms with Crippen molar-refractivity contribution in [3.05, 3.63) is 0 Å². The minimum atomic E-state index is -0.719. The lowest BCUT2D eigenvalue weighted by molar-refractivity contribution is -0.171. The lowest BCUT2D eigenvalue weighted by Gasteiger charge is -2.26. The van der Waals surface area contributed by atoms with Gasteiger partial charge in [-0.15, -0.1) is 5.06 Å². The van der Waals surface area contributed by atoms with Gasteiger partial charge in [0.1, 0.15) is 0 Å². The quantitative estimate of drug-likeness (QED) is 0.669. The normalized spacial score (nSPS) is 21.5. The minimum Gasteiger partial charge on any atom is -0.317 e. The molecule has 0 spiro atoms. The summed E-state index contributed by atoms with van der Waals surface area (Å²) in [4.78, 5) is 38.0. The number of carbonyl (C=O) groups excluding carboxylic acids is 3. The van der Waals surface area contributed by atoms with Crippen molar-refractivity contribution in [3.8, 4) is 0 Å². The van der Waals surface area contributed by atoms with Crippen molar-refractivity contribution in [2.75, 3.05) is 0 Å². The van der Waals surface area contributed by atoms with Gasteiger partial charge in [-0.2, -0.15) is 0 Å². The first-order chi connectivity index (χ1) is 7.16. The fourth-order valence-electron chi connectivity index (χ4n) is 1.49. The fraction of sp³-hybridized carbons (Fsp3) is 0.667. The van der Waals surface area contributed by atoms with Crippen molar-refractivity contribution < 1.29 is 19.2 Å². The maximum Gasteiger partial charge on any atom is 0.432 e. The highest BCUT2D eigenvalue weighted by molar-refractivity contribution is 6.01. The lowest BCUT2D eigenvalue weighted by Crippen LogP contribution is -2.43. The van der Waals surface area contributed by atoms with Gasteiger partial charge in [0.05, 0.1) is 0 Å². The van der Waals surface area contributed by atoms with Gasteiger partial charge in [-0.05, 0) is 19.3 Å². The average molecular weight is 212 g/mol. The van der Waals surface area contributed by atoms with Crippen LogP contribution in [-0.4, -0.2) is 29.0 Å². The molecule has 1 aliphatic carbocycles. The van der Waals surface area contributed by atoms with Crippen molar-refractivity contribution in [3.63, 3.8) is 0 Å². The van der Waals surface area contributed by atoms with Gasteiger partial charge >= 0.3 is 6.09 Å². The monoisotopic (exact) mass is 212 g/mol.